The molecule has 0 aliphatic heterocycles. The Bertz CT molecular complexity index is 1740. The molecule has 13 nitrogen and oxygen atoms in total. The number of rotatable bonds is 22. The highest BCUT2D eigenvalue weighted by Gasteiger charge is 2.29. The molecule has 1 fully saturated rings. The number of aryl methyl sites for hydroxylation is 1. The molecule has 3 aromatic rings. The molecule has 0 saturated heterocycles. The van der Waals surface area contributed by atoms with Crippen LogP contribution in [0.4, 0.5) is 5.69 Å². The molecule has 0 unspecified atom stereocenters. The number of hydrogen-bond donors (Lipinski definition) is 3. The SMILES string of the molecule is CCN(C(=O)Cn1c(C(=O)N[C@H]2CC[C@H](C(=O)NCCCCCC(=O)NCCOCCOCCC(=O)OC(C)(C)C)CC2)cc2sccc21)c1cccc(C)c1. The van der Waals surface area contributed by atoms with Crippen molar-refractivity contribution in [2.45, 2.75) is 111 Å². The van der Waals surface area contributed by atoms with Crippen LogP contribution in [0.5, 0.6) is 0 Å². The maximum atomic E-state index is 13.6. The highest BCUT2D eigenvalue weighted by Crippen LogP contribution is 2.28. The van der Waals surface area contributed by atoms with E-state index >= 15 is 0 Å². The van der Waals surface area contributed by atoms with Crippen LogP contribution in [0.15, 0.2) is 41.8 Å². The first-order valence-corrected chi connectivity index (χ1v) is 20.9. The zero-order valence-electron chi connectivity index (χ0n) is 33.8. The lowest BCUT2D eigenvalue weighted by Gasteiger charge is -2.28. The van der Waals surface area contributed by atoms with Gasteiger partial charge in [-0.3, -0.25) is 24.0 Å². The van der Waals surface area contributed by atoms with Crippen LogP contribution in [0.25, 0.3) is 10.2 Å². The molecule has 0 radical (unpaired) electrons. The Labute approximate surface area is 335 Å². The maximum Gasteiger partial charge on any atom is 0.308 e. The van der Waals surface area contributed by atoms with E-state index in [1.165, 1.54) is 0 Å². The van der Waals surface area contributed by atoms with E-state index in [0.29, 0.717) is 77.3 Å². The Hall–Kier alpha value is -4.27. The van der Waals surface area contributed by atoms with Crippen LogP contribution in [-0.2, 0) is 39.9 Å². The van der Waals surface area contributed by atoms with Gasteiger partial charge in [0.1, 0.15) is 17.8 Å². The molecule has 1 aromatic carbocycles. The van der Waals surface area contributed by atoms with E-state index < -0.39 is 5.60 Å². The number of hydrogen-bond acceptors (Lipinski definition) is 9. The third-order valence-corrected chi connectivity index (χ3v) is 10.5. The number of thiophene rings is 1. The molecule has 308 valence electrons. The minimum atomic E-state index is -0.504. The minimum absolute atomic E-state index is 0.0298. The van der Waals surface area contributed by atoms with E-state index in [9.17, 15) is 24.0 Å². The van der Waals surface area contributed by atoms with Crippen molar-refractivity contribution in [1.29, 1.82) is 0 Å². The Kier molecular flexibility index (Phi) is 17.8. The van der Waals surface area contributed by atoms with Crippen LogP contribution in [0.1, 0.15) is 102 Å². The predicted molar refractivity (Wildman–Crippen MR) is 219 cm³/mol. The van der Waals surface area contributed by atoms with Crippen LogP contribution in [0.2, 0.25) is 0 Å². The summed E-state index contributed by atoms with van der Waals surface area (Å²) in [6.07, 6.45) is 5.77. The Balaban J connectivity index is 1.06. The zero-order valence-corrected chi connectivity index (χ0v) is 34.6. The van der Waals surface area contributed by atoms with E-state index in [0.717, 1.165) is 40.7 Å². The summed E-state index contributed by atoms with van der Waals surface area (Å²) in [6.45, 7) is 12.4. The van der Waals surface area contributed by atoms with Crippen LogP contribution in [-0.4, -0.2) is 91.9 Å². The lowest BCUT2D eigenvalue weighted by Crippen LogP contribution is -2.42. The second-order valence-electron chi connectivity index (χ2n) is 15.3. The summed E-state index contributed by atoms with van der Waals surface area (Å²) >= 11 is 1.54. The number of carbonyl (C=O) groups excluding carboxylic acids is 5. The molecule has 2 aromatic heterocycles. The van der Waals surface area contributed by atoms with Crippen molar-refractivity contribution >= 4 is 56.8 Å². The van der Waals surface area contributed by atoms with Gasteiger partial charge in [-0.05, 0) is 108 Å². The fourth-order valence-corrected chi connectivity index (χ4v) is 7.60. The molecule has 2 heterocycles. The largest absolute Gasteiger partial charge is 0.460 e. The summed E-state index contributed by atoms with van der Waals surface area (Å²) < 4.78 is 18.9. The van der Waals surface area contributed by atoms with Crippen molar-refractivity contribution < 1.29 is 38.2 Å². The van der Waals surface area contributed by atoms with E-state index in [1.807, 2.05) is 81.0 Å². The number of amides is 4. The number of ether oxygens (including phenoxy) is 3. The van der Waals surface area contributed by atoms with Gasteiger partial charge in [0.2, 0.25) is 17.7 Å². The third-order valence-electron chi connectivity index (χ3n) is 9.60. The van der Waals surface area contributed by atoms with Crippen molar-refractivity contribution in [3.8, 4) is 0 Å². The smallest absolute Gasteiger partial charge is 0.308 e. The number of benzene rings is 1. The van der Waals surface area contributed by atoms with E-state index in [2.05, 4.69) is 16.0 Å². The van der Waals surface area contributed by atoms with Crippen molar-refractivity contribution in [3.05, 3.63) is 53.0 Å². The molecular weight excluding hydrogens is 735 g/mol. The third kappa shape index (κ3) is 14.7. The van der Waals surface area contributed by atoms with E-state index in [4.69, 9.17) is 14.2 Å². The van der Waals surface area contributed by atoms with Crippen LogP contribution in [0.3, 0.4) is 0 Å². The van der Waals surface area contributed by atoms with Gasteiger partial charge in [0.25, 0.3) is 5.91 Å². The summed E-state index contributed by atoms with van der Waals surface area (Å²) in [7, 11) is 0. The molecule has 1 aliphatic rings. The standard InChI is InChI=1S/C42H61N5O8S/c1-6-46(33-12-10-11-30(2)27-33)38(49)29-47-34-19-26-56-36(34)28-35(47)41(52)45-32-16-14-31(15-17-32)40(51)44-20-9-7-8-13-37(48)43-21-23-54-25-24-53-22-18-39(50)55-42(3,4)5/h10-12,19,26-28,31-32H,6-9,13-18,20-25,29H2,1-5H3,(H,43,48)(H,44,51)(H,45,52)/t31-,32-. The molecule has 1 saturated carbocycles. The molecule has 14 heteroatoms. The van der Waals surface area contributed by atoms with Gasteiger partial charge in [0, 0.05) is 43.7 Å². The fourth-order valence-electron chi connectivity index (χ4n) is 6.78. The summed E-state index contributed by atoms with van der Waals surface area (Å²) in [4.78, 5) is 65.6. The first-order valence-electron chi connectivity index (χ1n) is 20.0. The normalized spacial score (nSPS) is 15.7. The summed E-state index contributed by atoms with van der Waals surface area (Å²) in [5, 5.41) is 11.1. The summed E-state index contributed by atoms with van der Waals surface area (Å²) in [5.74, 6) is -0.655. The second kappa shape index (κ2) is 22.5. The van der Waals surface area contributed by atoms with Gasteiger partial charge in [-0.15, -0.1) is 11.3 Å². The van der Waals surface area contributed by atoms with Gasteiger partial charge in [-0.2, -0.15) is 0 Å². The Morgan fingerprint density at radius 3 is 2.34 bits per heavy atom. The lowest BCUT2D eigenvalue weighted by atomic mass is 9.85. The Morgan fingerprint density at radius 2 is 1.62 bits per heavy atom. The highest BCUT2D eigenvalue weighted by molar-refractivity contribution is 7.17. The fraction of sp³-hybridized carbons (Fsp3) is 0.595. The van der Waals surface area contributed by atoms with Crippen molar-refractivity contribution in [2.24, 2.45) is 5.92 Å². The number of likely N-dealkylation sites (N-methyl/N-ethyl adjacent to an activating group) is 1. The van der Waals surface area contributed by atoms with Gasteiger partial charge < -0.3 is 39.6 Å². The summed E-state index contributed by atoms with van der Waals surface area (Å²) in [5.41, 5.74) is 2.75. The first-order chi connectivity index (χ1) is 26.8. The monoisotopic (exact) mass is 795 g/mol. The number of fused-ring (bicyclic) bond motifs is 1. The molecule has 1 aliphatic carbocycles. The van der Waals surface area contributed by atoms with Crippen molar-refractivity contribution in [1.82, 2.24) is 20.5 Å². The maximum absolute atomic E-state index is 13.6. The number of carbonyl (C=O) groups is 5. The molecule has 4 amide bonds. The molecule has 56 heavy (non-hydrogen) atoms. The molecule has 0 spiro atoms. The average Bonchev–Trinajstić information content (AvgIpc) is 3.75. The predicted octanol–water partition coefficient (Wildman–Crippen LogP) is 5.91. The van der Waals surface area contributed by atoms with Gasteiger partial charge >= 0.3 is 5.97 Å². The van der Waals surface area contributed by atoms with Gasteiger partial charge in [0.15, 0.2) is 0 Å². The van der Waals surface area contributed by atoms with Gasteiger partial charge in [0.05, 0.1) is 43.1 Å². The van der Waals surface area contributed by atoms with Gasteiger partial charge in [-0.1, -0.05) is 18.6 Å². The van der Waals surface area contributed by atoms with Crippen LogP contribution in [0, 0.1) is 12.8 Å². The van der Waals surface area contributed by atoms with E-state index in [1.54, 1.807) is 16.2 Å². The zero-order chi connectivity index (χ0) is 40.5. The van der Waals surface area contributed by atoms with Crippen molar-refractivity contribution in [2.75, 3.05) is 51.0 Å². The molecule has 0 bridgehead atoms. The summed E-state index contributed by atoms with van der Waals surface area (Å²) in [6, 6.07) is 11.6. The topological polar surface area (TPSA) is 157 Å². The number of unbranched alkanes of at least 4 members (excludes halogenated alkanes) is 2. The number of nitrogens with zero attached hydrogens (tertiary/aromatic N) is 2. The quantitative estimate of drug-likeness (QED) is 0.0838. The Morgan fingerprint density at radius 1 is 0.875 bits per heavy atom. The number of anilines is 1. The van der Waals surface area contributed by atoms with Gasteiger partial charge in [-0.25, -0.2) is 0 Å². The minimum Gasteiger partial charge on any atom is -0.460 e. The number of esters is 1. The molecular formula is C42H61N5O8S. The van der Waals surface area contributed by atoms with Crippen LogP contribution < -0.4 is 20.9 Å². The molecule has 0 atom stereocenters. The lowest BCUT2D eigenvalue weighted by molar-refractivity contribution is -0.156. The molecule has 3 N–H and O–H groups in total. The first kappa shape index (κ1) is 44.4. The highest BCUT2D eigenvalue weighted by atomic mass is 32.1. The van der Waals surface area contributed by atoms with Crippen molar-refractivity contribution in [3.63, 3.8) is 0 Å². The van der Waals surface area contributed by atoms with Crippen LogP contribution >= 0.6 is 11.3 Å². The second-order valence-corrected chi connectivity index (χ2v) is 16.2. The average molecular weight is 796 g/mol. The molecule has 4 rings (SSSR count). The van der Waals surface area contributed by atoms with E-state index in [-0.39, 0.29) is 61.1 Å². The number of nitrogens with one attached hydrogen (secondary N) is 3. The number of aromatic nitrogens is 1.